The number of terminal acetylenes is 1. The van der Waals surface area contributed by atoms with Crippen LogP contribution in [0.5, 0.6) is 0 Å². The van der Waals surface area contributed by atoms with Crippen molar-refractivity contribution in [1.82, 2.24) is 4.31 Å². The first-order valence-electron chi connectivity index (χ1n) is 7.39. The standard InChI is InChI=1S/C18H17BrN2O3S/c1-3-11-21(25(23,24)16-7-5-4-6-8-16)13-18(22)20-17-10-9-15(19)12-14(17)2/h1,4-10,12H,11,13H2,2H3,(H,20,22). The lowest BCUT2D eigenvalue weighted by atomic mass is 10.2. The van der Waals surface area contributed by atoms with E-state index < -0.39 is 15.9 Å². The second kappa shape index (κ2) is 8.30. The molecule has 2 aromatic rings. The molecule has 0 saturated heterocycles. The fourth-order valence-corrected chi connectivity index (χ4v) is 3.99. The van der Waals surface area contributed by atoms with Crippen molar-refractivity contribution in [3.8, 4) is 12.3 Å². The molecule has 130 valence electrons. The minimum atomic E-state index is -3.84. The Kier molecular flexibility index (Phi) is 6.37. The molecule has 0 aromatic heterocycles. The smallest absolute Gasteiger partial charge is 0.244 e. The van der Waals surface area contributed by atoms with Crippen LogP contribution in [0.25, 0.3) is 0 Å². The van der Waals surface area contributed by atoms with Gasteiger partial charge in [0.05, 0.1) is 18.0 Å². The third-order valence-corrected chi connectivity index (χ3v) is 5.73. The number of nitrogens with zero attached hydrogens (tertiary/aromatic N) is 1. The highest BCUT2D eigenvalue weighted by Gasteiger charge is 2.25. The molecule has 5 nitrogen and oxygen atoms in total. The Morgan fingerprint density at radius 2 is 1.92 bits per heavy atom. The number of anilines is 1. The lowest BCUT2D eigenvalue weighted by molar-refractivity contribution is -0.116. The van der Waals surface area contributed by atoms with E-state index in [0.717, 1.165) is 14.3 Å². The van der Waals surface area contributed by atoms with Crippen molar-refractivity contribution in [2.45, 2.75) is 11.8 Å². The summed E-state index contributed by atoms with van der Waals surface area (Å²) in [5.74, 6) is 1.83. The molecule has 7 heteroatoms. The fourth-order valence-electron chi connectivity index (χ4n) is 2.19. The summed E-state index contributed by atoms with van der Waals surface area (Å²) in [7, 11) is -3.84. The van der Waals surface area contributed by atoms with Gasteiger partial charge in [-0.3, -0.25) is 4.79 Å². The molecular formula is C18H17BrN2O3S. The molecule has 1 amide bonds. The Labute approximate surface area is 156 Å². The second-order valence-electron chi connectivity index (χ2n) is 5.30. The Balaban J connectivity index is 2.19. The number of carbonyl (C=O) groups is 1. The summed E-state index contributed by atoms with van der Waals surface area (Å²) >= 11 is 3.35. The number of aryl methyl sites for hydroxylation is 1. The number of nitrogens with one attached hydrogen (secondary N) is 1. The van der Waals surface area contributed by atoms with Crippen LogP contribution in [0.2, 0.25) is 0 Å². The molecule has 0 saturated carbocycles. The normalized spacial score (nSPS) is 11.1. The van der Waals surface area contributed by atoms with Gasteiger partial charge in [0.15, 0.2) is 0 Å². The number of rotatable bonds is 6. The highest BCUT2D eigenvalue weighted by Crippen LogP contribution is 2.20. The predicted octanol–water partition coefficient (Wildman–Crippen LogP) is 3.02. The van der Waals surface area contributed by atoms with E-state index in [1.807, 2.05) is 13.0 Å². The van der Waals surface area contributed by atoms with E-state index in [9.17, 15) is 13.2 Å². The molecule has 0 unspecified atom stereocenters. The van der Waals surface area contributed by atoms with Gasteiger partial charge >= 0.3 is 0 Å². The number of hydrogen-bond donors (Lipinski definition) is 1. The first kappa shape index (κ1) is 19.2. The third kappa shape index (κ3) is 4.92. The quantitative estimate of drug-likeness (QED) is 0.730. The van der Waals surface area contributed by atoms with Crippen LogP contribution in [0.15, 0.2) is 57.9 Å². The van der Waals surface area contributed by atoms with Crippen molar-refractivity contribution in [3.05, 3.63) is 58.6 Å². The van der Waals surface area contributed by atoms with Crippen molar-refractivity contribution < 1.29 is 13.2 Å². The molecule has 0 spiro atoms. The number of sulfonamides is 1. The van der Waals surface area contributed by atoms with E-state index >= 15 is 0 Å². The maximum atomic E-state index is 12.7. The van der Waals surface area contributed by atoms with Gasteiger partial charge in [-0.2, -0.15) is 4.31 Å². The summed E-state index contributed by atoms with van der Waals surface area (Å²) < 4.78 is 27.2. The molecule has 0 radical (unpaired) electrons. The van der Waals surface area contributed by atoms with Gasteiger partial charge in [0, 0.05) is 10.2 Å². The average molecular weight is 421 g/mol. The molecule has 0 fully saturated rings. The van der Waals surface area contributed by atoms with E-state index in [-0.39, 0.29) is 18.0 Å². The summed E-state index contributed by atoms with van der Waals surface area (Å²) in [5.41, 5.74) is 1.48. The maximum absolute atomic E-state index is 12.7. The summed E-state index contributed by atoms with van der Waals surface area (Å²) in [4.78, 5) is 12.4. The van der Waals surface area contributed by atoms with Crippen molar-refractivity contribution in [1.29, 1.82) is 0 Å². The summed E-state index contributed by atoms with van der Waals surface area (Å²) in [6.07, 6.45) is 5.28. The molecule has 0 bridgehead atoms. The van der Waals surface area contributed by atoms with Crippen molar-refractivity contribution >= 4 is 37.5 Å². The molecule has 1 N–H and O–H groups in total. The molecule has 0 aliphatic carbocycles. The number of hydrogen-bond acceptors (Lipinski definition) is 3. The fraction of sp³-hybridized carbons (Fsp3) is 0.167. The monoisotopic (exact) mass is 420 g/mol. The van der Waals surface area contributed by atoms with E-state index in [1.165, 1.54) is 12.1 Å². The Morgan fingerprint density at radius 1 is 1.24 bits per heavy atom. The lowest BCUT2D eigenvalue weighted by Crippen LogP contribution is -2.38. The van der Waals surface area contributed by atoms with Gasteiger partial charge < -0.3 is 5.32 Å². The van der Waals surface area contributed by atoms with Crippen molar-refractivity contribution in [2.75, 3.05) is 18.4 Å². The molecule has 0 heterocycles. The molecule has 2 rings (SSSR count). The highest BCUT2D eigenvalue weighted by atomic mass is 79.9. The zero-order valence-electron chi connectivity index (χ0n) is 13.6. The maximum Gasteiger partial charge on any atom is 0.244 e. The van der Waals surface area contributed by atoms with E-state index in [0.29, 0.717) is 5.69 Å². The molecule has 25 heavy (non-hydrogen) atoms. The van der Waals surface area contributed by atoms with Gasteiger partial charge in [-0.15, -0.1) is 6.42 Å². The van der Waals surface area contributed by atoms with Crippen molar-refractivity contribution in [3.63, 3.8) is 0 Å². The van der Waals surface area contributed by atoms with Crippen LogP contribution >= 0.6 is 15.9 Å². The topological polar surface area (TPSA) is 66.5 Å². The predicted molar refractivity (Wildman–Crippen MR) is 102 cm³/mol. The summed E-state index contributed by atoms with van der Waals surface area (Å²) in [6, 6.07) is 13.3. The first-order chi connectivity index (χ1) is 11.8. The minimum absolute atomic E-state index is 0.0953. The molecular weight excluding hydrogens is 404 g/mol. The molecule has 0 aliphatic rings. The van der Waals surface area contributed by atoms with Gasteiger partial charge in [0.1, 0.15) is 0 Å². The van der Waals surface area contributed by atoms with Crippen LogP contribution in [-0.2, 0) is 14.8 Å². The van der Waals surface area contributed by atoms with Gasteiger partial charge in [0.25, 0.3) is 0 Å². The Hall–Kier alpha value is -2.14. The SMILES string of the molecule is C#CCN(CC(=O)Nc1ccc(Br)cc1C)S(=O)(=O)c1ccccc1. The number of carbonyl (C=O) groups excluding carboxylic acids is 1. The largest absolute Gasteiger partial charge is 0.325 e. The zero-order chi connectivity index (χ0) is 18.4. The molecule has 2 aromatic carbocycles. The van der Waals surface area contributed by atoms with Gasteiger partial charge in [-0.1, -0.05) is 40.0 Å². The van der Waals surface area contributed by atoms with Crippen LogP contribution in [0, 0.1) is 19.3 Å². The number of benzene rings is 2. The van der Waals surface area contributed by atoms with Gasteiger partial charge in [0.2, 0.25) is 15.9 Å². The minimum Gasteiger partial charge on any atom is -0.325 e. The Bertz CT molecular complexity index is 906. The van der Waals surface area contributed by atoms with Gasteiger partial charge in [-0.25, -0.2) is 8.42 Å². The first-order valence-corrected chi connectivity index (χ1v) is 9.62. The lowest BCUT2D eigenvalue weighted by Gasteiger charge is -2.20. The van der Waals surface area contributed by atoms with E-state index in [4.69, 9.17) is 6.42 Å². The Morgan fingerprint density at radius 3 is 2.52 bits per heavy atom. The molecule has 0 atom stereocenters. The van der Waals surface area contributed by atoms with E-state index in [2.05, 4.69) is 27.2 Å². The van der Waals surface area contributed by atoms with Gasteiger partial charge in [-0.05, 0) is 42.8 Å². The third-order valence-electron chi connectivity index (χ3n) is 3.43. The van der Waals surface area contributed by atoms with E-state index in [1.54, 1.807) is 30.3 Å². The summed E-state index contributed by atoms with van der Waals surface area (Å²) in [5, 5.41) is 2.72. The zero-order valence-corrected chi connectivity index (χ0v) is 16.0. The number of amides is 1. The number of halogens is 1. The van der Waals surface area contributed by atoms with Crippen molar-refractivity contribution in [2.24, 2.45) is 0 Å². The van der Waals surface area contributed by atoms with Crippen LogP contribution in [-0.4, -0.2) is 31.7 Å². The van der Waals surface area contributed by atoms with Crippen LogP contribution in [0.1, 0.15) is 5.56 Å². The highest BCUT2D eigenvalue weighted by molar-refractivity contribution is 9.10. The van der Waals surface area contributed by atoms with Crippen LogP contribution in [0.3, 0.4) is 0 Å². The second-order valence-corrected chi connectivity index (χ2v) is 8.15. The average Bonchev–Trinajstić information content (AvgIpc) is 2.58. The summed E-state index contributed by atoms with van der Waals surface area (Å²) in [6.45, 7) is 1.29. The molecule has 0 aliphatic heterocycles. The van der Waals surface area contributed by atoms with Crippen LogP contribution in [0.4, 0.5) is 5.69 Å². The van der Waals surface area contributed by atoms with Crippen LogP contribution < -0.4 is 5.32 Å².